The second-order valence-electron chi connectivity index (χ2n) is 6.83. The highest BCUT2D eigenvalue weighted by molar-refractivity contribution is 5.75. The van der Waals surface area contributed by atoms with Crippen LogP contribution in [0.3, 0.4) is 0 Å². The summed E-state index contributed by atoms with van der Waals surface area (Å²) in [7, 11) is 0. The molecule has 0 amide bonds. The van der Waals surface area contributed by atoms with Gasteiger partial charge in [0.2, 0.25) is 0 Å². The zero-order valence-electron chi connectivity index (χ0n) is 16.4. The molecule has 0 bridgehead atoms. The Balaban J connectivity index is 1.88. The van der Waals surface area contributed by atoms with E-state index in [0.29, 0.717) is 5.56 Å². The highest BCUT2D eigenvalue weighted by Gasteiger charge is 2.23. The van der Waals surface area contributed by atoms with E-state index in [-0.39, 0.29) is 11.6 Å². The van der Waals surface area contributed by atoms with E-state index in [4.69, 9.17) is 0 Å². The number of aromatic nitrogens is 2. The molecule has 0 saturated heterocycles. The smallest absolute Gasteiger partial charge is 0.141 e. The lowest BCUT2D eigenvalue weighted by Gasteiger charge is -2.32. The summed E-state index contributed by atoms with van der Waals surface area (Å²) < 4.78 is 14.3. The summed E-state index contributed by atoms with van der Waals surface area (Å²) in [6.07, 6.45) is 7.06. The normalized spacial score (nSPS) is 11.5. The molecule has 146 valence electrons. The Labute approximate surface area is 174 Å². The Bertz CT molecular complexity index is 1150. The number of halogens is 1. The zero-order chi connectivity index (χ0) is 20.9. The first-order valence-corrected chi connectivity index (χ1v) is 9.58. The Hall–Kier alpha value is -4.04. The van der Waals surface area contributed by atoms with Crippen LogP contribution in [0.2, 0.25) is 0 Å². The number of anilines is 2. The second-order valence-corrected chi connectivity index (χ2v) is 6.83. The van der Waals surface area contributed by atoms with Gasteiger partial charge in [0.15, 0.2) is 0 Å². The summed E-state index contributed by atoms with van der Waals surface area (Å²) >= 11 is 0. The van der Waals surface area contributed by atoms with Gasteiger partial charge in [-0.1, -0.05) is 36.4 Å². The number of rotatable bonds is 5. The minimum atomic E-state index is -0.520. The van der Waals surface area contributed by atoms with E-state index < -0.39 is 5.82 Å². The molecule has 30 heavy (non-hydrogen) atoms. The summed E-state index contributed by atoms with van der Waals surface area (Å²) in [4.78, 5) is 10.7. The maximum Gasteiger partial charge on any atom is 0.141 e. The molecule has 0 spiro atoms. The van der Waals surface area contributed by atoms with Crippen molar-refractivity contribution < 1.29 is 4.39 Å². The van der Waals surface area contributed by atoms with Gasteiger partial charge in [0.25, 0.3) is 0 Å². The van der Waals surface area contributed by atoms with Crippen molar-refractivity contribution in [1.82, 2.24) is 9.97 Å². The lowest BCUT2D eigenvalue weighted by Crippen LogP contribution is -2.22. The molecule has 4 rings (SSSR count). The maximum atomic E-state index is 14.3. The van der Waals surface area contributed by atoms with Crippen LogP contribution in [-0.2, 0) is 0 Å². The summed E-state index contributed by atoms with van der Waals surface area (Å²) in [6, 6.07) is 22.1. The topological polar surface area (TPSA) is 52.8 Å². The number of pyridine rings is 2. The average molecular weight is 394 g/mol. The Morgan fingerprint density at radius 2 is 1.47 bits per heavy atom. The average Bonchev–Trinajstić information content (AvgIpc) is 2.80. The number of benzene rings is 2. The van der Waals surface area contributed by atoms with E-state index in [9.17, 15) is 9.65 Å². The molecule has 0 saturated carbocycles. The maximum absolute atomic E-state index is 14.3. The van der Waals surface area contributed by atoms with Gasteiger partial charge >= 0.3 is 0 Å². The third kappa shape index (κ3) is 3.63. The molecule has 1 unspecified atom stereocenters. The van der Waals surface area contributed by atoms with Gasteiger partial charge in [-0.15, -0.1) is 0 Å². The van der Waals surface area contributed by atoms with Crippen LogP contribution in [0.15, 0.2) is 91.5 Å². The largest absolute Gasteiger partial charge is 0.332 e. The van der Waals surface area contributed by atoms with Crippen LogP contribution in [-0.4, -0.2) is 9.97 Å². The first kappa shape index (κ1) is 19.3. The Morgan fingerprint density at radius 3 is 2.07 bits per heavy atom. The molecule has 0 N–H and O–H groups in total. The minimum absolute atomic E-state index is 0.0476. The number of nitriles is 1. The molecule has 0 radical (unpaired) electrons. The van der Waals surface area contributed by atoms with Gasteiger partial charge in [0.05, 0.1) is 35.4 Å². The Morgan fingerprint density at radius 1 is 0.833 bits per heavy atom. The molecule has 0 aliphatic rings. The van der Waals surface area contributed by atoms with Gasteiger partial charge in [0.1, 0.15) is 11.9 Å². The fraction of sp³-hybridized carbons (Fsp3) is 0.0800. The molecule has 5 heteroatoms. The fourth-order valence-electron chi connectivity index (χ4n) is 3.70. The van der Waals surface area contributed by atoms with Gasteiger partial charge in [-0.3, -0.25) is 9.97 Å². The summed E-state index contributed by atoms with van der Waals surface area (Å²) in [5.74, 6) is -0.520. The highest BCUT2D eigenvalue weighted by atomic mass is 19.1. The molecule has 0 aliphatic heterocycles. The molecule has 0 aliphatic carbocycles. The predicted molar refractivity (Wildman–Crippen MR) is 116 cm³/mol. The van der Waals surface area contributed by atoms with E-state index in [2.05, 4.69) is 21.8 Å². The minimum Gasteiger partial charge on any atom is -0.332 e. The van der Waals surface area contributed by atoms with Crippen LogP contribution >= 0.6 is 0 Å². The molecular formula is C25H19FN4. The van der Waals surface area contributed by atoms with Crippen LogP contribution in [0.25, 0.3) is 11.1 Å². The van der Waals surface area contributed by atoms with Gasteiger partial charge in [-0.2, -0.15) is 5.26 Å². The molecular weight excluding hydrogens is 375 g/mol. The van der Waals surface area contributed by atoms with Crippen molar-refractivity contribution in [2.45, 2.75) is 13.0 Å². The SMILES string of the molecule is CC(c1ccccc1-c1cccc(F)c1C#N)N(c1cccnc1)c1cccnc1. The van der Waals surface area contributed by atoms with Gasteiger partial charge in [0, 0.05) is 18.0 Å². The highest BCUT2D eigenvalue weighted by Crippen LogP contribution is 2.39. The zero-order valence-corrected chi connectivity index (χ0v) is 16.4. The van der Waals surface area contributed by atoms with E-state index in [1.54, 1.807) is 36.9 Å². The van der Waals surface area contributed by atoms with Crippen molar-refractivity contribution in [2.24, 2.45) is 0 Å². The van der Waals surface area contributed by atoms with Crippen LogP contribution in [0.5, 0.6) is 0 Å². The summed E-state index contributed by atoms with van der Waals surface area (Å²) in [5.41, 5.74) is 4.23. The van der Waals surface area contributed by atoms with E-state index in [0.717, 1.165) is 22.5 Å². The third-order valence-corrected chi connectivity index (χ3v) is 5.06. The monoisotopic (exact) mass is 394 g/mol. The van der Waals surface area contributed by atoms with Crippen LogP contribution < -0.4 is 4.90 Å². The van der Waals surface area contributed by atoms with Crippen molar-refractivity contribution in [3.63, 3.8) is 0 Å². The molecule has 1 atom stereocenters. The standard InChI is InChI=1S/C25H19FN4/c1-18(30(19-7-5-13-28-16-19)20-8-6-14-29-17-20)21-9-2-3-10-22(21)23-11-4-12-25(26)24(23)15-27/h2-14,16-18H,1H3. The first-order chi connectivity index (χ1) is 14.7. The Kier molecular flexibility index (Phi) is 5.49. The van der Waals surface area contributed by atoms with Crippen molar-refractivity contribution in [1.29, 1.82) is 5.26 Å². The van der Waals surface area contributed by atoms with Crippen LogP contribution in [0, 0.1) is 17.1 Å². The lowest BCUT2D eigenvalue weighted by molar-refractivity contribution is 0.624. The molecule has 2 aromatic heterocycles. The molecule has 2 heterocycles. The van der Waals surface area contributed by atoms with E-state index >= 15 is 0 Å². The lowest BCUT2D eigenvalue weighted by atomic mass is 9.91. The molecule has 4 aromatic rings. The number of nitrogens with zero attached hydrogens (tertiary/aromatic N) is 4. The quantitative estimate of drug-likeness (QED) is 0.413. The van der Waals surface area contributed by atoms with Gasteiger partial charge in [-0.05, 0) is 48.4 Å². The van der Waals surface area contributed by atoms with Crippen molar-refractivity contribution >= 4 is 11.4 Å². The van der Waals surface area contributed by atoms with Crippen molar-refractivity contribution in [2.75, 3.05) is 4.90 Å². The number of hydrogen-bond donors (Lipinski definition) is 0. The van der Waals surface area contributed by atoms with Crippen molar-refractivity contribution in [3.8, 4) is 17.2 Å². The number of hydrogen-bond acceptors (Lipinski definition) is 4. The summed E-state index contributed by atoms with van der Waals surface area (Å²) in [6.45, 7) is 2.07. The molecule has 4 nitrogen and oxygen atoms in total. The fourth-order valence-corrected chi connectivity index (χ4v) is 3.70. The van der Waals surface area contributed by atoms with Gasteiger partial charge < -0.3 is 4.90 Å². The second kappa shape index (κ2) is 8.54. The van der Waals surface area contributed by atoms with Crippen LogP contribution in [0.4, 0.5) is 15.8 Å². The first-order valence-electron chi connectivity index (χ1n) is 9.58. The third-order valence-electron chi connectivity index (χ3n) is 5.06. The molecule has 2 aromatic carbocycles. The summed E-state index contributed by atoms with van der Waals surface area (Å²) in [5, 5.41) is 9.54. The van der Waals surface area contributed by atoms with Gasteiger partial charge in [-0.25, -0.2) is 4.39 Å². The molecule has 0 fully saturated rings. The van der Waals surface area contributed by atoms with E-state index in [1.807, 2.05) is 54.6 Å². The van der Waals surface area contributed by atoms with Crippen LogP contribution in [0.1, 0.15) is 24.1 Å². The van der Waals surface area contributed by atoms with Crippen molar-refractivity contribution in [3.05, 3.63) is 108 Å². The predicted octanol–water partition coefficient (Wildman–Crippen LogP) is 6.05. The van der Waals surface area contributed by atoms with E-state index in [1.165, 1.54) is 6.07 Å².